The number of thiophene rings is 1. The summed E-state index contributed by atoms with van der Waals surface area (Å²) >= 11 is 1.57. The minimum absolute atomic E-state index is 0.140. The van der Waals surface area contributed by atoms with Gasteiger partial charge >= 0.3 is 0 Å². The summed E-state index contributed by atoms with van der Waals surface area (Å²) in [5.74, 6) is 1.18. The van der Waals surface area contributed by atoms with Gasteiger partial charge in [-0.1, -0.05) is 30.3 Å². The van der Waals surface area contributed by atoms with Gasteiger partial charge in [0, 0.05) is 27.4 Å². The molecule has 2 heterocycles. The van der Waals surface area contributed by atoms with Crippen LogP contribution in [0.5, 0.6) is 5.75 Å². The first-order valence-corrected chi connectivity index (χ1v) is 11.9. The molecule has 0 saturated heterocycles. The van der Waals surface area contributed by atoms with Crippen LogP contribution in [0.25, 0.3) is 0 Å². The highest BCUT2D eigenvalue weighted by molar-refractivity contribution is 7.16. The molecule has 0 spiro atoms. The molecule has 0 radical (unpaired) electrons. The number of nitrogens with one attached hydrogen (secondary N) is 2. The molecular formula is C27H28N4O2S. The number of rotatable bonds is 7. The molecule has 2 N–H and O–H groups in total. The van der Waals surface area contributed by atoms with Crippen LogP contribution < -0.4 is 15.4 Å². The van der Waals surface area contributed by atoms with Crippen molar-refractivity contribution in [2.45, 2.75) is 33.7 Å². The zero-order chi connectivity index (χ0) is 24.2. The van der Waals surface area contributed by atoms with Crippen molar-refractivity contribution in [3.05, 3.63) is 99.2 Å². The van der Waals surface area contributed by atoms with Gasteiger partial charge in [0.2, 0.25) is 5.95 Å². The van der Waals surface area contributed by atoms with E-state index in [0.717, 1.165) is 43.7 Å². The Labute approximate surface area is 204 Å². The van der Waals surface area contributed by atoms with Gasteiger partial charge in [-0.15, -0.1) is 11.3 Å². The van der Waals surface area contributed by atoms with Gasteiger partial charge in [-0.25, -0.2) is 9.97 Å². The second-order valence-corrected chi connectivity index (χ2v) is 9.40. The lowest BCUT2D eigenvalue weighted by atomic mass is 9.96. The fourth-order valence-electron chi connectivity index (χ4n) is 3.89. The number of benzene rings is 2. The van der Waals surface area contributed by atoms with Crippen molar-refractivity contribution in [2.75, 3.05) is 17.7 Å². The predicted molar refractivity (Wildman–Crippen MR) is 138 cm³/mol. The first kappa shape index (κ1) is 23.4. The lowest BCUT2D eigenvalue weighted by Gasteiger charge is -2.22. The quantitative estimate of drug-likeness (QED) is 0.333. The Hall–Kier alpha value is -3.71. The molecule has 2 aromatic carbocycles. The van der Waals surface area contributed by atoms with Gasteiger partial charge in [-0.2, -0.15) is 0 Å². The summed E-state index contributed by atoms with van der Waals surface area (Å²) in [5, 5.41) is 7.48. The van der Waals surface area contributed by atoms with E-state index in [1.54, 1.807) is 18.4 Å². The average Bonchev–Trinajstić information content (AvgIpc) is 3.10. The molecule has 0 bridgehead atoms. The number of carbonyl (C=O) groups is 1. The number of hydrogen-bond donors (Lipinski definition) is 2. The SMILES string of the molecule is COc1ccc([C@H](Nc2nc(C)cc(C)n2)c2c(NC(=O)c3ccccc3)sc(C)c2C)cc1. The van der Waals surface area contributed by atoms with E-state index in [2.05, 4.69) is 34.4 Å². The number of hydrogen-bond acceptors (Lipinski definition) is 6. The molecule has 4 aromatic rings. The van der Waals surface area contributed by atoms with Crippen molar-refractivity contribution in [1.82, 2.24) is 9.97 Å². The van der Waals surface area contributed by atoms with Crippen molar-refractivity contribution in [1.29, 1.82) is 0 Å². The maximum absolute atomic E-state index is 13.0. The van der Waals surface area contributed by atoms with Crippen LogP contribution in [0, 0.1) is 27.7 Å². The highest BCUT2D eigenvalue weighted by atomic mass is 32.1. The second kappa shape index (κ2) is 10.1. The summed E-state index contributed by atoms with van der Waals surface area (Å²) in [6.45, 7) is 8.06. The predicted octanol–water partition coefficient (Wildman–Crippen LogP) is 6.23. The van der Waals surface area contributed by atoms with Crippen molar-refractivity contribution < 1.29 is 9.53 Å². The molecule has 1 atom stereocenters. The number of aryl methyl sites for hydroxylation is 3. The third kappa shape index (κ3) is 5.10. The molecule has 0 aliphatic carbocycles. The van der Waals surface area contributed by atoms with E-state index in [4.69, 9.17) is 4.74 Å². The first-order valence-electron chi connectivity index (χ1n) is 11.0. The molecule has 0 saturated carbocycles. The van der Waals surface area contributed by atoms with E-state index in [1.165, 1.54) is 0 Å². The zero-order valence-electron chi connectivity index (χ0n) is 20.0. The normalized spacial score (nSPS) is 11.7. The van der Waals surface area contributed by atoms with Gasteiger partial charge < -0.3 is 15.4 Å². The van der Waals surface area contributed by atoms with Crippen molar-refractivity contribution in [3.8, 4) is 5.75 Å². The average molecular weight is 473 g/mol. The topological polar surface area (TPSA) is 76.1 Å². The summed E-state index contributed by atoms with van der Waals surface area (Å²) in [7, 11) is 1.65. The van der Waals surface area contributed by atoms with Crippen LogP contribution in [0.4, 0.5) is 10.9 Å². The Morgan fingerprint density at radius 2 is 1.59 bits per heavy atom. The maximum Gasteiger partial charge on any atom is 0.256 e. The van der Waals surface area contributed by atoms with Gasteiger partial charge in [0.15, 0.2) is 0 Å². The van der Waals surface area contributed by atoms with Crippen molar-refractivity contribution in [2.24, 2.45) is 0 Å². The molecule has 6 nitrogen and oxygen atoms in total. The number of carbonyl (C=O) groups excluding carboxylic acids is 1. The minimum Gasteiger partial charge on any atom is -0.497 e. The molecule has 2 aromatic heterocycles. The highest BCUT2D eigenvalue weighted by Crippen LogP contribution is 2.41. The van der Waals surface area contributed by atoms with Crippen LogP contribution in [0.3, 0.4) is 0 Å². The minimum atomic E-state index is -0.275. The summed E-state index contributed by atoms with van der Waals surface area (Å²) in [5.41, 5.74) is 5.52. The van der Waals surface area contributed by atoms with Gasteiger partial charge in [0.1, 0.15) is 10.8 Å². The van der Waals surface area contributed by atoms with Crippen LogP contribution in [0.1, 0.15) is 49.4 Å². The molecule has 0 aliphatic rings. The number of anilines is 2. The Kier molecular flexibility index (Phi) is 6.93. The second-order valence-electron chi connectivity index (χ2n) is 8.17. The number of methoxy groups -OCH3 is 1. The van der Waals surface area contributed by atoms with Crippen molar-refractivity contribution in [3.63, 3.8) is 0 Å². The van der Waals surface area contributed by atoms with Gasteiger partial charge in [-0.3, -0.25) is 4.79 Å². The van der Waals surface area contributed by atoms with Gasteiger partial charge in [0.25, 0.3) is 5.91 Å². The van der Waals surface area contributed by atoms with Crippen LogP contribution in [0.15, 0.2) is 60.7 Å². The third-order valence-electron chi connectivity index (χ3n) is 5.69. The molecule has 4 rings (SSSR count). The molecule has 0 aliphatic heterocycles. The van der Waals surface area contributed by atoms with E-state index in [1.807, 2.05) is 74.5 Å². The first-order chi connectivity index (χ1) is 16.4. The molecule has 174 valence electrons. The van der Waals surface area contributed by atoms with Crippen LogP contribution in [-0.2, 0) is 0 Å². The summed E-state index contributed by atoms with van der Waals surface area (Å²) < 4.78 is 5.36. The van der Waals surface area contributed by atoms with E-state index < -0.39 is 0 Å². The fourth-order valence-corrected chi connectivity index (χ4v) is 4.98. The Morgan fingerprint density at radius 3 is 2.21 bits per heavy atom. The van der Waals surface area contributed by atoms with E-state index in [0.29, 0.717) is 11.5 Å². The third-order valence-corrected chi connectivity index (χ3v) is 6.83. The summed E-state index contributed by atoms with van der Waals surface area (Å²) in [6, 6.07) is 18.8. The number of nitrogens with zero attached hydrogens (tertiary/aromatic N) is 2. The Bertz CT molecular complexity index is 1280. The maximum atomic E-state index is 13.0. The van der Waals surface area contributed by atoms with Crippen LogP contribution in [-0.4, -0.2) is 23.0 Å². The standard InChI is InChI=1S/C27H28N4O2S/c1-16-15-17(2)29-27(28-16)30-24(20-11-13-22(33-5)14-12-20)23-18(3)19(4)34-26(23)31-25(32)21-9-7-6-8-10-21/h6-15,24H,1-5H3,(H,31,32)(H,28,29,30)/t24-/m0/s1. The van der Waals surface area contributed by atoms with E-state index >= 15 is 0 Å². The van der Waals surface area contributed by atoms with E-state index in [-0.39, 0.29) is 11.9 Å². The van der Waals surface area contributed by atoms with Crippen LogP contribution >= 0.6 is 11.3 Å². The van der Waals surface area contributed by atoms with Crippen LogP contribution in [0.2, 0.25) is 0 Å². The molecule has 7 heteroatoms. The molecule has 0 fully saturated rings. The molecule has 34 heavy (non-hydrogen) atoms. The fraction of sp³-hybridized carbons (Fsp3) is 0.222. The summed E-state index contributed by atoms with van der Waals surface area (Å²) in [4.78, 5) is 23.4. The number of amides is 1. The smallest absolute Gasteiger partial charge is 0.256 e. The van der Waals surface area contributed by atoms with E-state index in [9.17, 15) is 4.79 Å². The Balaban J connectivity index is 1.79. The lowest BCUT2D eigenvalue weighted by Crippen LogP contribution is -2.19. The summed E-state index contributed by atoms with van der Waals surface area (Å²) in [6.07, 6.45) is 0. The molecule has 0 unspecified atom stereocenters. The molecular weight excluding hydrogens is 444 g/mol. The van der Waals surface area contributed by atoms with Gasteiger partial charge in [-0.05, 0) is 69.2 Å². The Morgan fingerprint density at radius 1 is 0.941 bits per heavy atom. The lowest BCUT2D eigenvalue weighted by molar-refractivity contribution is 0.102. The van der Waals surface area contributed by atoms with Crippen molar-refractivity contribution >= 4 is 28.2 Å². The zero-order valence-corrected chi connectivity index (χ0v) is 20.8. The molecule has 1 amide bonds. The largest absolute Gasteiger partial charge is 0.497 e. The highest BCUT2D eigenvalue weighted by Gasteiger charge is 2.26. The number of aromatic nitrogens is 2. The number of ether oxygens (including phenoxy) is 1. The van der Waals surface area contributed by atoms with Gasteiger partial charge in [0.05, 0.1) is 13.2 Å². The monoisotopic (exact) mass is 472 g/mol.